The van der Waals surface area contributed by atoms with Gasteiger partial charge in [0.05, 0.1) is 5.92 Å². The number of ketones is 3. The Balaban J connectivity index is 1.90. The van der Waals surface area contributed by atoms with Gasteiger partial charge in [-0.3, -0.25) is 14.4 Å². The van der Waals surface area contributed by atoms with Crippen LogP contribution in [0.5, 0.6) is 0 Å². The van der Waals surface area contributed by atoms with Crippen LogP contribution in [0.25, 0.3) is 0 Å². The van der Waals surface area contributed by atoms with Gasteiger partial charge in [-0.25, -0.2) is 0 Å². The van der Waals surface area contributed by atoms with E-state index in [1.807, 2.05) is 6.92 Å². The molecular formula is C21H26O3. The maximum atomic E-state index is 12.8. The van der Waals surface area contributed by atoms with Crippen molar-refractivity contribution in [2.24, 2.45) is 28.6 Å². The van der Waals surface area contributed by atoms with Gasteiger partial charge >= 0.3 is 0 Å². The zero-order chi connectivity index (χ0) is 17.3. The van der Waals surface area contributed by atoms with Crippen LogP contribution < -0.4 is 0 Å². The van der Waals surface area contributed by atoms with Crippen molar-refractivity contribution in [3.8, 4) is 0 Å². The topological polar surface area (TPSA) is 51.2 Å². The second-order valence-electron chi connectivity index (χ2n) is 8.79. The van der Waals surface area contributed by atoms with Crippen molar-refractivity contribution in [3.05, 3.63) is 23.3 Å². The van der Waals surface area contributed by atoms with Gasteiger partial charge in [-0.15, -0.1) is 0 Å². The Bertz CT molecular complexity index is 713. The molecule has 0 aliphatic heterocycles. The van der Waals surface area contributed by atoms with E-state index in [1.165, 1.54) is 32.6 Å². The van der Waals surface area contributed by atoms with Crippen LogP contribution in [0.4, 0.5) is 0 Å². The van der Waals surface area contributed by atoms with Gasteiger partial charge in [-0.1, -0.05) is 38.8 Å². The van der Waals surface area contributed by atoms with Gasteiger partial charge in [0, 0.05) is 11.0 Å². The van der Waals surface area contributed by atoms with Gasteiger partial charge in [0.25, 0.3) is 0 Å². The SMILES string of the molecule is CC(=O)[C@H]1C(=O)C(=O)C2=C3C=CC4CCCC[C@]4(C)[C@H]3CC[C@@]21C. The summed E-state index contributed by atoms with van der Waals surface area (Å²) in [7, 11) is 0. The van der Waals surface area contributed by atoms with Gasteiger partial charge in [-0.05, 0) is 55.4 Å². The minimum absolute atomic E-state index is 0.161. The lowest BCUT2D eigenvalue weighted by atomic mass is 9.51. The van der Waals surface area contributed by atoms with E-state index in [0.717, 1.165) is 18.4 Å². The van der Waals surface area contributed by atoms with Gasteiger partial charge in [0.1, 0.15) is 5.78 Å². The lowest BCUT2D eigenvalue weighted by molar-refractivity contribution is -0.139. The molecule has 1 unspecified atom stereocenters. The van der Waals surface area contributed by atoms with Crippen molar-refractivity contribution in [3.63, 3.8) is 0 Å². The number of hydrogen-bond donors (Lipinski definition) is 0. The number of hydrogen-bond acceptors (Lipinski definition) is 3. The first-order valence-electron chi connectivity index (χ1n) is 9.32. The summed E-state index contributed by atoms with van der Waals surface area (Å²) >= 11 is 0. The highest BCUT2D eigenvalue weighted by atomic mass is 16.2. The van der Waals surface area contributed by atoms with E-state index in [0.29, 0.717) is 17.4 Å². The first kappa shape index (κ1) is 16.0. The molecular weight excluding hydrogens is 300 g/mol. The molecule has 0 radical (unpaired) electrons. The molecule has 4 rings (SSSR count). The zero-order valence-corrected chi connectivity index (χ0v) is 14.9. The number of fused-ring (bicyclic) bond motifs is 4. The third-order valence-corrected chi connectivity index (χ3v) is 7.58. The Morgan fingerprint density at radius 2 is 1.88 bits per heavy atom. The lowest BCUT2D eigenvalue weighted by Crippen LogP contribution is -2.45. The molecule has 3 heteroatoms. The second-order valence-corrected chi connectivity index (χ2v) is 8.79. The van der Waals surface area contributed by atoms with Crippen LogP contribution in [0.3, 0.4) is 0 Å². The fraction of sp³-hybridized carbons (Fsp3) is 0.667. The van der Waals surface area contributed by atoms with Gasteiger partial charge < -0.3 is 0 Å². The summed E-state index contributed by atoms with van der Waals surface area (Å²) in [4.78, 5) is 37.4. The molecule has 4 aliphatic carbocycles. The van der Waals surface area contributed by atoms with Gasteiger partial charge in [0.15, 0.2) is 0 Å². The van der Waals surface area contributed by atoms with Crippen molar-refractivity contribution < 1.29 is 14.4 Å². The molecule has 128 valence electrons. The molecule has 0 aromatic rings. The van der Waals surface area contributed by atoms with E-state index >= 15 is 0 Å². The highest BCUT2D eigenvalue weighted by molar-refractivity contribution is 6.50. The summed E-state index contributed by atoms with van der Waals surface area (Å²) in [6.45, 7) is 5.79. The number of carbonyl (C=O) groups is 3. The molecule has 4 aliphatic rings. The smallest absolute Gasteiger partial charge is 0.226 e. The Morgan fingerprint density at radius 3 is 2.58 bits per heavy atom. The summed E-state index contributed by atoms with van der Waals surface area (Å²) in [5.41, 5.74) is 1.36. The van der Waals surface area contributed by atoms with E-state index in [-0.39, 0.29) is 17.0 Å². The molecule has 0 spiro atoms. The summed E-state index contributed by atoms with van der Waals surface area (Å²) in [5.74, 6) is -0.846. The number of rotatable bonds is 1. The highest BCUT2D eigenvalue weighted by Gasteiger charge is 2.60. The Hall–Kier alpha value is -1.51. The number of carbonyl (C=O) groups excluding carboxylic acids is 3. The normalized spacial score (nSPS) is 44.2. The van der Waals surface area contributed by atoms with E-state index in [9.17, 15) is 14.4 Å². The van der Waals surface area contributed by atoms with E-state index < -0.39 is 17.1 Å². The largest absolute Gasteiger partial charge is 0.299 e. The van der Waals surface area contributed by atoms with Crippen LogP contribution in [0.15, 0.2) is 23.3 Å². The molecule has 0 aromatic heterocycles. The molecule has 0 N–H and O–H groups in total. The van der Waals surface area contributed by atoms with Gasteiger partial charge in [0.2, 0.25) is 11.6 Å². The Kier molecular flexibility index (Phi) is 3.33. The van der Waals surface area contributed by atoms with Crippen molar-refractivity contribution >= 4 is 17.3 Å². The third kappa shape index (κ3) is 1.81. The standard InChI is InChI=1S/C21H26O3/c1-12(22)16-18(23)19(24)17-14-8-7-13-6-4-5-10-20(13,2)15(14)9-11-21(16,17)3/h7-8,13,15-16H,4-6,9-11H2,1-3H3/t13?,15-,16-,20-,21+/m0/s1. The molecule has 0 bridgehead atoms. The summed E-state index contributed by atoms with van der Waals surface area (Å²) in [6.07, 6.45) is 11.1. The molecule has 0 amide bonds. The molecule has 0 heterocycles. The van der Waals surface area contributed by atoms with Gasteiger partial charge in [-0.2, -0.15) is 0 Å². The van der Waals surface area contributed by atoms with Crippen molar-refractivity contribution in [2.75, 3.05) is 0 Å². The number of allylic oxidation sites excluding steroid dienone is 4. The fourth-order valence-electron chi connectivity index (χ4n) is 6.32. The molecule has 0 saturated heterocycles. The lowest BCUT2D eigenvalue weighted by Gasteiger charge is -2.52. The molecule has 3 nitrogen and oxygen atoms in total. The van der Waals surface area contributed by atoms with Crippen LogP contribution in [0.2, 0.25) is 0 Å². The minimum atomic E-state index is -0.765. The average Bonchev–Trinajstić information content (AvgIpc) is 2.73. The van der Waals surface area contributed by atoms with E-state index in [1.54, 1.807) is 0 Å². The number of Topliss-reactive ketones (excluding diaryl/α,β-unsaturated/α-hetero) is 3. The monoisotopic (exact) mass is 326 g/mol. The van der Waals surface area contributed by atoms with Crippen molar-refractivity contribution in [1.29, 1.82) is 0 Å². The minimum Gasteiger partial charge on any atom is -0.299 e. The predicted octanol–water partition coefficient (Wildman–Crippen LogP) is 3.82. The summed E-state index contributed by atoms with van der Waals surface area (Å²) in [5, 5.41) is 0. The zero-order valence-electron chi connectivity index (χ0n) is 14.9. The van der Waals surface area contributed by atoms with Crippen LogP contribution in [0, 0.1) is 28.6 Å². The highest BCUT2D eigenvalue weighted by Crippen LogP contribution is 2.61. The fourth-order valence-corrected chi connectivity index (χ4v) is 6.32. The van der Waals surface area contributed by atoms with Crippen LogP contribution in [-0.4, -0.2) is 17.3 Å². The Morgan fingerprint density at radius 1 is 1.12 bits per heavy atom. The summed E-state index contributed by atoms with van der Waals surface area (Å²) < 4.78 is 0. The third-order valence-electron chi connectivity index (χ3n) is 7.58. The van der Waals surface area contributed by atoms with Crippen LogP contribution in [0.1, 0.15) is 59.3 Å². The predicted molar refractivity (Wildman–Crippen MR) is 91.2 cm³/mol. The summed E-state index contributed by atoms with van der Waals surface area (Å²) in [6, 6.07) is 0. The molecule has 5 atom stereocenters. The average molecular weight is 326 g/mol. The maximum Gasteiger partial charge on any atom is 0.226 e. The molecule has 24 heavy (non-hydrogen) atoms. The quantitative estimate of drug-likeness (QED) is 0.544. The molecule has 0 aromatic carbocycles. The molecule has 2 fully saturated rings. The Labute approximate surface area is 143 Å². The van der Waals surface area contributed by atoms with Crippen molar-refractivity contribution in [2.45, 2.75) is 59.3 Å². The molecule has 2 saturated carbocycles. The van der Waals surface area contributed by atoms with Crippen molar-refractivity contribution in [1.82, 2.24) is 0 Å². The van der Waals surface area contributed by atoms with E-state index in [4.69, 9.17) is 0 Å². The van der Waals surface area contributed by atoms with Crippen LogP contribution in [-0.2, 0) is 14.4 Å². The van der Waals surface area contributed by atoms with Crippen LogP contribution >= 0.6 is 0 Å². The first-order valence-corrected chi connectivity index (χ1v) is 9.32. The second kappa shape index (κ2) is 5.00. The maximum absolute atomic E-state index is 12.8. The first-order chi connectivity index (χ1) is 11.3. The van der Waals surface area contributed by atoms with E-state index in [2.05, 4.69) is 19.1 Å².